The zero-order chi connectivity index (χ0) is 15.4. The number of methoxy groups -OCH3 is 1. The Hall–Kier alpha value is -1.75. The number of nitrogens with zero attached hydrogens (tertiary/aromatic N) is 2. The third-order valence-electron chi connectivity index (χ3n) is 4.34. The Balaban J connectivity index is 1.41. The predicted molar refractivity (Wildman–Crippen MR) is 84.3 cm³/mol. The fraction of sp³-hybridized carbons (Fsp3) is 0.588. The van der Waals surface area contributed by atoms with Crippen molar-refractivity contribution in [2.75, 3.05) is 39.8 Å². The molecular formula is C17H24N2O3. The molecule has 2 saturated heterocycles. The number of hydrogen-bond acceptors (Lipinski definition) is 4. The summed E-state index contributed by atoms with van der Waals surface area (Å²) in [6, 6.07) is 7.65. The van der Waals surface area contributed by atoms with E-state index in [0.29, 0.717) is 6.54 Å². The van der Waals surface area contributed by atoms with Crippen LogP contribution in [0.25, 0.3) is 0 Å². The lowest BCUT2D eigenvalue weighted by Gasteiger charge is -2.39. The van der Waals surface area contributed by atoms with E-state index >= 15 is 0 Å². The molecule has 0 spiro atoms. The van der Waals surface area contributed by atoms with Crippen LogP contribution >= 0.6 is 0 Å². The van der Waals surface area contributed by atoms with E-state index in [1.54, 1.807) is 7.11 Å². The molecule has 0 saturated carbocycles. The van der Waals surface area contributed by atoms with Gasteiger partial charge in [-0.1, -0.05) is 6.07 Å². The van der Waals surface area contributed by atoms with E-state index in [9.17, 15) is 4.79 Å². The highest BCUT2D eigenvalue weighted by atomic mass is 16.5. The predicted octanol–water partition coefficient (Wildman–Crippen LogP) is 1.77. The van der Waals surface area contributed by atoms with Crippen LogP contribution < -0.4 is 9.47 Å². The quantitative estimate of drug-likeness (QED) is 0.831. The third-order valence-corrected chi connectivity index (χ3v) is 4.34. The third kappa shape index (κ3) is 3.71. The summed E-state index contributed by atoms with van der Waals surface area (Å²) >= 11 is 0. The number of amides is 1. The van der Waals surface area contributed by atoms with E-state index in [1.807, 2.05) is 29.2 Å². The topological polar surface area (TPSA) is 42.0 Å². The lowest BCUT2D eigenvalue weighted by Crippen LogP contribution is -2.57. The zero-order valence-corrected chi connectivity index (χ0v) is 13.2. The molecule has 0 aromatic heterocycles. The summed E-state index contributed by atoms with van der Waals surface area (Å²) in [5.41, 5.74) is 0. The van der Waals surface area contributed by atoms with E-state index in [1.165, 1.54) is 6.42 Å². The van der Waals surface area contributed by atoms with Crippen LogP contribution in [0.15, 0.2) is 24.3 Å². The van der Waals surface area contributed by atoms with Gasteiger partial charge in [0, 0.05) is 32.2 Å². The average Bonchev–Trinajstić information content (AvgIpc) is 2.53. The fourth-order valence-corrected chi connectivity index (χ4v) is 3.03. The van der Waals surface area contributed by atoms with E-state index < -0.39 is 0 Å². The number of carbonyl (C=O) groups excluding carboxylic acids is 1. The van der Waals surface area contributed by atoms with Gasteiger partial charge < -0.3 is 14.4 Å². The maximum Gasteiger partial charge on any atom is 0.236 e. The molecule has 120 valence electrons. The molecule has 2 aliphatic heterocycles. The van der Waals surface area contributed by atoms with Crippen LogP contribution in [0.5, 0.6) is 11.5 Å². The van der Waals surface area contributed by atoms with E-state index in [0.717, 1.165) is 50.5 Å². The molecule has 0 N–H and O–H groups in total. The molecule has 2 aliphatic rings. The highest BCUT2D eigenvalue weighted by Gasteiger charge is 2.31. The van der Waals surface area contributed by atoms with Crippen molar-refractivity contribution in [3.63, 3.8) is 0 Å². The van der Waals surface area contributed by atoms with Crippen LogP contribution in [0.2, 0.25) is 0 Å². The van der Waals surface area contributed by atoms with Crippen molar-refractivity contribution in [1.82, 2.24) is 9.80 Å². The summed E-state index contributed by atoms with van der Waals surface area (Å²) in [7, 11) is 1.65. The number of rotatable bonds is 5. The second kappa shape index (κ2) is 7.01. The number of likely N-dealkylation sites (tertiary alicyclic amines) is 2. The summed E-state index contributed by atoms with van der Waals surface area (Å²) in [6.45, 7) is 4.01. The molecule has 3 rings (SSSR count). The van der Waals surface area contributed by atoms with Crippen molar-refractivity contribution in [2.24, 2.45) is 0 Å². The minimum Gasteiger partial charge on any atom is -0.497 e. The van der Waals surface area contributed by atoms with Gasteiger partial charge in [0.05, 0.1) is 13.7 Å². The van der Waals surface area contributed by atoms with Gasteiger partial charge in [-0.25, -0.2) is 0 Å². The second-order valence-electron chi connectivity index (χ2n) is 6.05. The van der Waals surface area contributed by atoms with Gasteiger partial charge in [0.25, 0.3) is 0 Å². The van der Waals surface area contributed by atoms with Crippen molar-refractivity contribution in [3.05, 3.63) is 24.3 Å². The Morgan fingerprint density at radius 2 is 1.91 bits per heavy atom. The maximum absolute atomic E-state index is 12.2. The van der Waals surface area contributed by atoms with Crippen LogP contribution in [0.4, 0.5) is 0 Å². The van der Waals surface area contributed by atoms with Crippen LogP contribution in [0.1, 0.15) is 19.3 Å². The molecular weight excluding hydrogens is 280 g/mol. The van der Waals surface area contributed by atoms with Gasteiger partial charge in [-0.3, -0.25) is 9.69 Å². The summed E-state index contributed by atoms with van der Waals surface area (Å²) in [5.74, 6) is 1.89. The fourth-order valence-electron chi connectivity index (χ4n) is 3.03. The van der Waals surface area contributed by atoms with Crippen molar-refractivity contribution >= 4 is 5.91 Å². The van der Waals surface area contributed by atoms with Crippen LogP contribution in [0.3, 0.4) is 0 Å². The smallest absolute Gasteiger partial charge is 0.236 e. The van der Waals surface area contributed by atoms with E-state index in [4.69, 9.17) is 9.47 Å². The van der Waals surface area contributed by atoms with Gasteiger partial charge in [0.15, 0.2) is 0 Å². The van der Waals surface area contributed by atoms with Crippen molar-refractivity contribution < 1.29 is 14.3 Å². The molecule has 0 bridgehead atoms. The minimum atomic E-state index is 0.168. The minimum absolute atomic E-state index is 0.168. The summed E-state index contributed by atoms with van der Waals surface area (Å²) in [4.78, 5) is 16.3. The summed E-state index contributed by atoms with van der Waals surface area (Å²) in [6.07, 6.45) is 3.71. The second-order valence-corrected chi connectivity index (χ2v) is 6.05. The number of carbonyl (C=O) groups is 1. The number of hydrogen-bond donors (Lipinski definition) is 0. The number of piperidine rings is 1. The molecule has 5 nitrogen and oxygen atoms in total. The first kappa shape index (κ1) is 15.2. The first-order valence-corrected chi connectivity index (χ1v) is 8.05. The van der Waals surface area contributed by atoms with Gasteiger partial charge in [0.1, 0.15) is 17.6 Å². The molecule has 0 unspecified atom stereocenters. The lowest BCUT2D eigenvalue weighted by atomic mass is 10.1. The van der Waals surface area contributed by atoms with Gasteiger partial charge in [-0.2, -0.15) is 0 Å². The maximum atomic E-state index is 12.2. The first-order chi connectivity index (χ1) is 10.7. The molecule has 1 amide bonds. The highest BCUT2D eigenvalue weighted by molar-refractivity contribution is 5.78. The Morgan fingerprint density at radius 1 is 1.18 bits per heavy atom. The van der Waals surface area contributed by atoms with E-state index in [-0.39, 0.29) is 12.0 Å². The SMILES string of the molecule is COc1cccc(OC2CN(CC(=O)N3CCCCC3)C2)c1. The standard InChI is InChI=1S/C17H24N2O3/c1-21-14-6-5-7-15(10-14)22-16-11-18(12-16)13-17(20)19-8-3-2-4-9-19/h5-7,10,16H,2-4,8-9,11-13H2,1H3. The van der Waals surface area contributed by atoms with Crippen molar-refractivity contribution in [3.8, 4) is 11.5 Å². The summed E-state index contributed by atoms with van der Waals surface area (Å²) < 4.78 is 11.1. The molecule has 2 heterocycles. The van der Waals surface area contributed by atoms with Crippen LogP contribution in [0, 0.1) is 0 Å². The van der Waals surface area contributed by atoms with Gasteiger partial charge in [-0.05, 0) is 31.4 Å². The highest BCUT2D eigenvalue weighted by Crippen LogP contribution is 2.22. The lowest BCUT2D eigenvalue weighted by molar-refractivity contribution is -0.135. The molecule has 1 aromatic carbocycles. The van der Waals surface area contributed by atoms with Crippen molar-refractivity contribution in [1.29, 1.82) is 0 Å². The Kier molecular flexibility index (Phi) is 4.83. The Morgan fingerprint density at radius 3 is 2.64 bits per heavy atom. The molecule has 5 heteroatoms. The number of ether oxygens (including phenoxy) is 2. The molecule has 0 aliphatic carbocycles. The first-order valence-electron chi connectivity index (χ1n) is 8.05. The number of benzene rings is 1. The molecule has 22 heavy (non-hydrogen) atoms. The van der Waals surface area contributed by atoms with Gasteiger partial charge in [0.2, 0.25) is 5.91 Å². The van der Waals surface area contributed by atoms with Gasteiger partial charge >= 0.3 is 0 Å². The summed E-state index contributed by atoms with van der Waals surface area (Å²) in [5, 5.41) is 0. The van der Waals surface area contributed by atoms with Gasteiger partial charge in [-0.15, -0.1) is 0 Å². The zero-order valence-electron chi connectivity index (χ0n) is 13.2. The van der Waals surface area contributed by atoms with Crippen molar-refractivity contribution in [2.45, 2.75) is 25.4 Å². The monoisotopic (exact) mass is 304 g/mol. The largest absolute Gasteiger partial charge is 0.497 e. The average molecular weight is 304 g/mol. The molecule has 1 aromatic rings. The molecule has 2 fully saturated rings. The van der Waals surface area contributed by atoms with Crippen LogP contribution in [-0.4, -0.2) is 61.6 Å². The normalized spacial score (nSPS) is 19.6. The molecule has 0 radical (unpaired) electrons. The van der Waals surface area contributed by atoms with Crippen LogP contribution in [-0.2, 0) is 4.79 Å². The molecule has 0 atom stereocenters. The Labute approximate surface area is 131 Å². The Bertz CT molecular complexity index is 508. The van der Waals surface area contributed by atoms with E-state index in [2.05, 4.69) is 4.90 Å².